The van der Waals surface area contributed by atoms with Crippen molar-refractivity contribution < 1.29 is 95.1 Å². The predicted molar refractivity (Wildman–Crippen MR) is 599 cm³/mol. The van der Waals surface area contributed by atoms with Gasteiger partial charge in [0.1, 0.15) is 54.7 Å². The lowest BCUT2D eigenvalue weighted by Crippen LogP contribution is -2.47. The van der Waals surface area contributed by atoms with Crippen LogP contribution in [0.25, 0.3) is 51.1 Å². The number of carbonyl (C=O) groups excluding carboxylic acids is 7. The molecule has 0 bridgehead atoms. The highest BCUT2D eigenvalue weighted by atomic mass is 79.9. The highest BCUT2D eigenvalue weighted by molar-refractivity contribution is 9.10. The van der Waals surface area contributed by atoms with Crippen LogP contribution in [-0.2, 0) is 96.1 Å². The number of aromatic nitrogens is 5. The lowest BCUT2D eigenvalue weighted by molar-refractivity contribution is -0.135. The van der Waals surface area contributed by atoms with Crippen LogP contribution in [0.5, 0.6) is 69.0 Å². The van der Waals surface area contributed by atoms with Gasteiger partial charge in [-0.1, -0.05) is 80.8 Å². The molecule has 1 N–H and O–H groups in total. The number of hydrogen-bond acceptors (Lipinski definition) is 31. The second kappa shape index (κ2) is 58.6. The number of fused-ring (bicyclic) bond motifs is 5. The second-order valence-electron chi connectivity index (χ2n) is 35.1. The van der Waals surface area contributed by atoms with Crippen molar-refractivity contribution in [3.8, 4) is 69.0 Å². The quantitative estimate of drug-likeness (QED) is 0.0346. The minimum Gasteiger partial charge on any atom is -0.494 e. The van der Waals surface area contributed by atoms with Gasteiger partial charge in [-0.25, -0.2) is 24.9 Å². The van der Waals surface area contributed by atoms with Gasteiger partial charge in [-0.05, 0) is 245 Å². The molecule has 0 saturated carbocycles. The standard InChI is InChI=1S/C28H35N3O5S.C27H32N2O6S.C20H20ClNO3S.C19H18BrNO3S.C19H19ClN2O3S/c1-30-12-14-31(15-13-30)28(33)5-4-16-36-22-9-10-23-26(19-22)37-27(29-23)18-21(32)8-6-20-7-11-24(34-2)25(17-20)35-3;1-32-23-10-6-19(16-24(23)33-2)5-7-20(30)17-26-28-22-9-8-21(18-25(22)36-26)35-13-3-4-27(31)29-11-14-34-15-12-29;1-3-25-17-9-5-13(10-18(17)24-2)4-7-15(23)12-20-22-16-8-6-14(21)11-19(16)26-20;1-23-16-8-4-12(9-17(16)24-2)3-6-14(22)11-19-21-15-7-5-13(20)10-18(15)25-19;1-24-15-9-6-12(10-16(15)25-2)4-3-5-18(23)22-19-21-14-8-7-13(20)11-17(14)26-19/h7,9-11,17,19H,4-6,8,12-16,18H2,1-3H3;6,8-10,16,18H,3-5,7,11-15,17H2,1-2H3;5-6,8-11H,3-4,7,12H2,1-2H3;4-5,7-10H,3,6,11H2,1-2H3;6-11H,3-5H2,1-2H3,(H,21,22,23). The Labute approximate surface area is 911 Å². The van der Waals surface area contributed by atoms with Crippen molar-refractivity contribution in [3.05, 3.63) is 244 Å². The maximum atomic E-state index is 12.6. The number of rotatable bonds is 46. The first kappa shape index (κ1) is 114. The number of carbonyl (C=O) groups is 7. The lowest BCUT2D eigenvalue weighted by atomic mass is 10.1. The predicted octanol–water partition coefficient (Wildman–Crippen LogP) is 22.9. The summed E-state index contributed by atoms with van der Waals surface area (Å²) in [5.74, 6) is 9.33. The fourth-order valence-corrected chi connectivity index (χ4v) is 22.4. The van der Waals surface area contributed by atoms with Gasteiger partial charge in [0.05, 0.1) is 174 Å². The van der Waals surface area contributed by atoms with E-state index >= 15 is 0 Å². The summed E-state index contributed by atoms with van der Waals surface area (Å²) >= 11 is 23.0. The summed E-state index contributed by atoms with van der Waals surface area (Å²) in [6.07, 6.45) is 10.1. The van der Waals surface area contributed by atoms with Gasteiger partial charge in [-0.3, -0.25) is 33.6 Å². The fraction of sp³-hybridized carbons (Fsp3) is 0.363. The van der Waals surface area contributed by atoms with Gasteiger partial charge in [0.2, 0.25) is 17.7 Å². The molecule has 7 heterocycles. The molecule has 10 aromatic carbocycles. The van der Waals surface area contributed by atoms with Gasteiger partial charge in [-0.15, -0.1) is 45.3 Å². The first-order valence-electron chi connectivity index (χ1n) is 49.3. The Kier molecular flexibility index (Phi) is 44.7. The number of amides is 3. The Balaban J connectivity index is 0.000000158. The molecule has 17 rings (SSSR count). The van der Waals surface area contributed by atoms with Crippen LogP contribution in [0.3, 0.4) is 0 Å². The van der Waals surface area contributed by atoms with Crippen LogP contribution >= 0.6 is 95.8 Å². The number of hydrogen-bond donors (Lipinski definition) is 1. The number of likely N-dealkylation sites (N-methyl/N-ethyl adjacent to an activating group) is 1. The summed E-state index contributed by atoms with van der Waals surface area (Å²) in [4.78, 5) is 115. The summed E-state index contributed by atoms with van der Waals surface area (Å²) in [7, 11) is 16.5. The topological polar surface area (TPSA) is 326 Å². The van der Waals surface area contributed by atoms with E-state index < -0.39 is 0 Å². The number of benzene rings is 10. The molecular formula is C113H124BrCl2N9O20S5. The van der Waals surface area contributed by atoms with E-state index in [2.05, 4.69) is 58.1 Å². The molecule has 37 heteroatoms. The summed E-state index contributed by atoms with van der Waals surface area (Å²) in [5, 5.41) is 8.10. The molecular weight excluding hydrogens is 2110 g/mol. The van der Waals surface area contributed by atoms with Gasteiger partial charge < -0.3 is 81.6 Å². The number of anilines is 1. The van der Waals surface area contributed by atoms with Crippen LogP contribution < -0.4 is 62.2 Å². The van der Waals surface area contributed by atoms with Gasteiger partial charge >= 0.3 is 0 Å². The highest BCUT2D eigenvalue weighted by Gasteiger charge is 2.24. The average Bonchev–Trinajstić information content (AvgIpc) is 1.70. The van der Waals surface area contributed by atoms with Crippen LogP contribution in [0.1, 0.15) is 119 Å². The fourth-order valence-electron chi connectivity index (χ4n) is 16.3. The van der Waals surface area contributed by atoms with Crippen molar-refractivity contribution in [1.29, 1.82) is 0 Å². The minimum atomic E-state index is -0.0457. The minimum absolute atomic E-state index is 0.0457. The third kappa shape index (κ3) is 34.9. The molecule has 792 valence electrons. The first-order valence-corrected chi connectivity index (χ1v) is 54.9. The van der Waals surface area contributed by atoms with Crippen LogP contribution in [0.15, 0.2) is 186 Å². The number of aryl methyl sites for hydroxylation is 5. The van der Waals surface area contributed by atoms with Gasteiger partial charge in [0, 0.05) is 98.7 Å². The van der Waals surface area contributed by atoms with E-state index in [1.54, 1.807) is 81.4 Å². The third-order valence-corrected chi connectivity index (χ3v) is 30.3. The number of nitrogens with one attached hydrogen (secondary N) is 1. The number of halogens is 3. The second-order valence-corrected chi connectivity index (χ2v) is 42.3. The van der Waals surface area contributed by atoms with Crippen molar-refractivity contribution >= 4 is 193 Å². The zero-order valence-electron chi connectivity index (χ0n) is 86.0. The summed E-state index contributed by atoms with van der Waals surface area (Å²) in [6, 6.07) is 57.3. The average molecular weight is 2240 g/mol. The lowest BCUT2D eigenvalue weighted by Gasteiger charge is -2.32. The van der Waals surface area contributed by atoms with E-state index in [0.717, 1.165) is 160 Å². The zero-order chi connectivity index (χ0) is 106. The first-order chi connectivity index (χ1) is 72.7. The molecule has 5 aromatic heterocycles. The van der Waals surface area contributed by atoms with E-state index in [-0.39, 0.29) is 40.9 Å². The summed E-state index contributed by atoms with van der Waals surface area (Å²) in [6.45, 7) is 9.53. The Bertz CT molecular complexity index is 7080. The zero-order valence-corrected chi connectivity index (χ0v) is 93.1. The molecule has 0 spiro atoms. The Hall–Kier alpha value is -12.7. The number of morpholine rings is 1. The normalized spacial score (nSPS) is 12.3. The largest absolute Gasteiger partial charge is 0.494 e. The number of thiazole rings is 5. The SMILES string of the molecule is CCOc1ccc(CCC(=O)Cc2nc3ccc(Cl)cc3s2)cc1OC.COc1ccc(CCC(=O)Cc2nc3ccc(Br)cc3s2)cc1OC.COc1ccc(CCC(=O)Cc2nc3ccc(OCCCC(=O)N4CCN(C)CC4)cc3s2)cc1OC.COc1ccc(CCC(=O)Cc2nc3ccc(OCCCC(=O)N4CCOCC4)cc3s2)cc1OC.COc1ccc(CCCC(=O)Nc2nc3ccc(Cl)cc3s2)cc1OC. The Morgan fingerprint density at radius 2 is 0.667 bits per heavy atom. The van der Waals surface area contributed by atoms with Gasteiger partial charge in [0.15, 0.2) is 62.6 Å². The molecule has 15 aromatic rings. The van der Waals surface area contributed by atoms with E-state index in [0.29, 0.717) is 222 Å². The van der Waals surface area contributed by atoms with Crippen LogP contribution in [0.4, 0.5) is 5.13 Å². The molecule has 2 aliphatic rings. The van der Waals surface area contributed by atoms with Crippen molar-refractivity contribution in [2.75, 3.05) is 149 Å². The Morgan fingerprint density at radius 3 is 1.05 bits per heavy atom. The van der Waals surface area contributed by atoms with Crippen LogP contribution in [0.2, 0.25) is 10.0 Å². The van der Waals surface area contributed by atoms with E-state index in [1.165, 1.54) is 45.3 Å². The molecule has 0 unspecified atom stereocenters. The molecule has 2 aliphatic heterocycles. The van der Waals surface area contributed by atoms with Gasteiger partial charge in [-0.2, -0.15) is 0 Å². The molecule has 2 saturated heterocycles. The smallest absolute Gasteiger partial charge is 0.226 e. The molecule has 150 heavy (non-hydrogen) atoms. The number of nitrogens with zero attached hydrogens (tertiary/aromatic N) is 8. The van der Waals surface area contributed by atoms with Crippen LogP contribution in [-0.4, -0.2) is 224 Å². The monoisotopic (exact) mass is 2240 g/mol. The van der Waals surface area contributed by atoms with E-state index in [1.807, 2.05) is 193 Å². The maximum Gasteiger partial charge on any atom is 0.226 e. The summed E-state index contributed by atoms with van der Waals surface area (Å²) < 4.78 is 76.3. The number of ketones is 4. The Morgan fingerprint density at radius 1 is 0.340 bits per heavy atom. The number of piperazine rings is 1. The molecule has 2 fully saturated rings. The van der Waals surface area contributed by atoms with Crippen molar-refractivity contribution in [3.63, 3.8) is 0 Å². The third-order valence-electron chi connectivity index (χ3n) is 24.4. The van der Waals surface area contributed by atoms with E-state index in [4.69, 9.17) is 84.8 Å². The molecule has 3 amide bonds. The molecule has 0 radical (unpaired) electrons. The maximum absolute atomic E-state index is 12.6. The number of ether oxygens (including phenoxy) is 13. The molecule has 0 atom stereocenters. The number of Topliss-reactive ketones (excluding diaryl/α,β-unsaturated/α-hetero) is 4. The summed E-state index contributed by atoms with van der Waals surface area (Å²) in [5.41, 5.74) is 9.65. The molecule has 0 aliphatic carbocycles. The highest BCUT2D eigenvalue weighted by Crippen LogP contribution is 2.38. The van der Waals surface area contributed by atoms with Crippen molar-refractivity contribution in [2.45, 2.75) is 129 Å². The van der Waals surface area contributed by atoms with Crippen molar-refractivity contribution in [1.82, 2.24) is 39.6 Å². The van der Waals surface area contributed by atoms with Crippen molar-refractivity contribution in [2.24, 2.45) is 0 Å². The van der Waals surface area contributed by atoms with E-state index in [9.17, 15) is 33.6 Å². The number of methoxy groups -OCH3 is 9. The van der Waals surface area contributed by atoms with Gasteiger partial charge in [0.25, 0.3) is 0 Å². The van der Waals surface area contributed by atoms with Crippen LogP contribution in [0, 0.1) is 0 Å². The molecule has 29 nitrogen and oxygen atoms in total.